The Hall–Kier alpha value is -1.61. The lowest BCUT2D eigenvalue weighted by Crippen LogP contribution is -2.01. The molecule has 0 aliphatic heterocycles. The first-order chi connectivity index (χ1) is 7.22. The molecule has 0 aliphatic rings. The molecule has 0 spiro atoms. The van der Waals surface area contributed by atoms with Crippen molar-refractivity contribution >= 4 is 28.5 Å². The van der Waals surface area contributed by atoms with Gasteiger partial charge in [0.2, 0.25) is 0 Å². The van der Waals surface area contributed by atoms with Crippen molar-refractivity contribution in [1.82, 2.24) is 4.98 Å². The summed E-state index contributed by atoms with van der Waals surface area (Å²) in [6, 6.07) is 7.08. The minimum absolute atomic E-state index is 0.401. The first-order valence-electron chi connectivity index (χ1n) is 4.35. The van der Waals surface area contributed by atoms with E-state index in [1.807, 2.05) is 12.1 Å². The lowest BCUT2D eigenvalue weighted by molar-refractivity contribution is 0.0600. The summed E-state index contributed by atoms with van der Waals surface area (Å²) in [5.74, 6) is -0.413. The van der Waals surface area contributed by atoms with Gasteiger partial charge in [0, 0.05) is 16.6 Å². The molecule has 0 aliphatic carbocycles. The van der Waals surface area contributed by atoms with Gasteiger partial charge in [0.05, 0.1) is 18.2 Å². The summed E-state index contributed by atoms with van der Waals surface area (Å²) in [6.07, 6.45) is 1.48. The zero-order chi connectivity index (χ0) is 10.8. The van der Waals surface area contributed by atoms with Crippen molar-refractivity contribution in [2.75, 3.05) is 7.11 Å². The van der Waals surface area contributed by atoms with Gasteiger partial charge in [-0.3, -0.25) is 4.98 Å². The molecule has 0 atom stereocenters. The fourth-order valence-electron chi connectivity index (χ4n) is 1.34. The number of hydrogen-bond donors (Lipinski definition) is 0. The minimum atomic E-state index is -0.413. The van der Waals surface area contributed by atoms with Crippen LogP contribution in [0.2, 0.25) is 5.02 Å². The predicted octanol–water partition coefficient (Wildman–Crippen LogP) is 2.67. The van der Waals surface area contributed by atoms with E-state index in [0.29, 0.717) is 10.6 Å². The van der Waals surface area contributed by atoms with Crippen LogP contribution in [0.1, 0.15) is 10.4 Å². The van der Waals surface area contributed by atoms with E-state index in [0.717, 1.165) is 10.9 Å². The molecular formula is C11H8ClNO2. The van der Waals surface area contributed by atoms with Gasteiger partial charge in [-0.15, -0.1) is 0 Å². The summed E-state index contributed by atoms with van der Waals surface area (Å²) >= 11 is 5.98. The summed E-state index contributed by atoms with van der Waals surface area (Å²) in [6.45, 7) is 0. The van der Waals surface area contributed by atoms with Crippen LogP contribution in [0.5, 0.6) is 0 Å². The molecule has 1 heterocycles. The van der Waals surface area contributed by atoms with Crippen molar-refractivity contribution in [2.24, 2.45) is 0 Å². The van der Waals surface area contributed by atoms with Crippen molar-refractivity contribution in [3.63, 3.8) is 0 Å². The van der Waals surface area contributed by atoms with Crippen LogP contribution in [0.4, 0.5) is 0 Å². The highest BCUT2D eigenvalue weighted by atomic mass is 35.5. The van der Waals surface area contributed by atoms with Crippen molar-refractivity contribution in [1.29, 1.82) is 0 Å². The molecule has 1 aromatic heterocycles. The molecule has 0 N–H and O–H groups in total. The topological polar surface area (TPSA) is 39.2 Å². The number of carbonyl (C=O) groups is 1. The Morgan fingerprint density at radius 2 is 2.27 bits per heavy atom. The van der Waals surface area contributed by atoms with E-state index in [1.54, 1.807) is 12.1 Å². The number of rotatable bonds is 1. The SMILES string of the molecule is COC(=O)c1cnc2cccc(Cl)c2c1. The second-order valence-electron chi connectivity index (χ2n) is 3.02. The van der Waals surface area contributed by atoms with Gasteiger partial charge in [-0.25, -0.2) is 4.79 Å². The van der Waals surface area contributed by atoms with Crippen molar-refractivity contribution in [3.05, 3.63) is 41.0 Å². The molecule has 0 fully saturated rings. The quantitative estimate of drug-likeness (QED) is 0.695. The highest BCUT2D eigenvalue weighted by Crippen LogP contribution is 2.22. The van der Waals surface area contributed by atoms with Gasteiger partial charge < -0.3 is 4.74 Å². The minimum Gasteiger partial charge on any atom is -0.465 e. The summed E-state index contributed by atoms with van der Waals surface area (Å²) in [5, 5.41) is 1.33. The average Bonchev–Trinajstić information content (AvgIpc) is 2.28. The third-order valence-electron chi connectivity index (χ3n) is 2.09. The third-order valence-corrected chi connectivity index (χ3v) is 2.42. The Balaban J connectivity index is 2.64. The molecule has 2 rings (SSSR count). The van der Waals surface area contributed by atoms with Crippen molar-refractivity contribution < 1.29 is 9.53 Å². The van der Waals surface area contributed by atoms with Gasteiger partial charge in [-0.1, -0.05) is 17.7 Å². The van der Waals surface area contributed by atoms with Gasteiger partial charge in [0.15, 0.2) is 0 Å². The molecule has 3 nitrogen and oxygen atoms in total. The van der Waals surface area contributed by atoms with E-state index in [-0.39, 0.29) is 0 Å². The fourth-order valence-corrected chi connectivity index (χ4v) is 1.57. The second-order valence-corrected chi connectivity index (χ2v) is 3.43. The number of hydrogen-bond acceptors (Lipinski definition) is 3. The van der Waals surface area contributed by atoms with E-state index < -0.39 is 5.97 Å². The van der Waals surface area contributed by atoms with Gasteiger partial charge in [0.25, 0.3) is 0 Å². The van der Waals surface area contributed by atoms with E-state index in [1.165, 1.54) is 13.3 Å². The predicted molar refractivity (Wildman–Crippen MR) is 58.1 cm³/mol. The highest BCUT2D eigenvalue weighted by Gasteiger charge is 2.08. The number of methoxy groups -OCH3 is 1. The van der Waals surface area contributed by atoms with E-state index >= 15 is 0 Å². The molecule has 0 saturated heterocycles. The lowest BCUT2D eigenvalue weighted by Gasteiger charge is -2.02. The summed E-state index contributed by atoms with van der Waals surface area (Å²) in [5.41, 5.74) is 1.16. The molecule has 0 unspecified atom stereocenters. The molecule has 15 heavy (non-hydrogen) atoms. The number of halogens is 1. The zero-order valence-electron chi connectivity index (χ0n) is 8.03. The Bertz CT molecular complexity index is 525. The van der Waals surface area contributed by atoms with Crippen molar-refractivity contribution in [2.45, 2.75) is 0 Å². The van der Waals surface area contributed by atoms with Crippen LogP contribution in [0.3, 0.4) is 0 Å². The molecule has 1 aromatic carbocycles. The van der Waals surface area contributed by atoms with Crippen LogP contribution in [0, 0.1) is 0 Å². The van der Waals surface area contributed by atoms with Gasteiger partial charge >= 0.3 is 5.97 Å². The van der Waals surface area contributed by atoms with Gasteiger partial charge in [-0.05, 0) is 18.2 Å². The van der Waals surface area contributed by atoms with Gasteiger partial charge in [0.1, 0.15) is 0 Å². The first-order valence-corrected chi connectivity index (χ1v) is 4.73. The Morgan fingerprint density at radius 3 is 3.00 bits per heavy atom. The number of fused-ring (bicyclic) bond motifs is 1. The summed E-state index contributed by atoms with van der Waals surface area (Å²) in [4.78, 5) is 15.4. The van der Waals surface area contributed by atoms with Crippen LogP contribution in [0.15, 0.2) is 30.5 Å². The molecule has 76 valence electrons. The third kappa shape index (κ3) is 1.78. The van der Waals surface area contributed by atoms with Crippen molar-refractivity contribution in [3.8, 4) is 0 Å². The van der Waals surface area contributed by atoms with E-state index in [2.05, 4.69) is 9.72 Å². The molecule has 4 heteroatoms. The molecule has 2 aromatic rings. The second kappa shape index (κ2) is 3.87. The number of nitrogens with zero attached hydrogens (tertiary/aromatic N) is 1. The molecule has 0 saturated carbocycles. The number of carbonyl (C=O) groups excluding carboxylic acids is 1. The maximum atomic E-state index is 11.3. The summed E-state index contributed by atoms with van der Waals surface area (Å²) < 4.78 is 4.60. The molecule has 0 amide bonds. The first kappa shape index (κ1) is 9.93. The fraction of sp³-hybridized carbons (Fsp3) is 0.0909. The number of esters is 1. The number of aromatic nitrogens is 1. The zero-order valence-corrected chi connectivity index (χ0v) is 8.78. The number of ether oxygens (including phenoxy) is 1. The smallest absolute Gasteiger partial charge is 0.339 e. The molecular weight excluding hydrogens is 214 g/mol. The Labute approximate surface area is 91.6 Å². The average molecular weight is 222 g/mol. The van der Waals surface area contributed by atoms with Gasteiger partial charge in [-0.2, -0.15) is 0 Å². The van der Waals surface area contributed by atoms with Crippen LogP contribution in [0.25, 0.3) is 10.9 Å². The maximum Gasteiger partial charge on any atom is 0.339 e. The Morgan fingerprint density at radius 1 is 1.47 bits per heavy atom. The summed E-state index contributed by atoms with van der Waals surface area (Å²) in [7, 11) is 1.33. The normalized spacial score (nSPS) is 10.3. The maximum absolute atomic E-state index is 11.3. The standard InChI is InChI=1S/C11H8ClNO2/c1-15-11(14)7-5-8-9(12)3-2-4-10(8)13-6-7/h2-6H,1H3. The monoisotopic (exact) mass is 221 g/mol. The highest BCUT2D eigenvalue weighted by molar-refractivity contribution is 6.35. The van der Waals surface area contributed by atoms with Crippen LogP contribution in [-0.2, 0) is 4.74 Å². The number of pyridine rings is 1. The Kier molecular flexibility index (Phi) is 2.56. The van der Waals surface area contributed by atoms with E-state index in [9.17, 15) is 4.79 Å². The van der Waals surface area contributed by atoms with Crippen LogP contribution < -0.4 is 0 Å². The lowest BCUT2D eigenvalue weighted by atomic mass is 10.1. The largest absolute Gasteiger partial charge is 0.465 e. The van der Waals surface area contributed by atoms with E-state index in [4.69, 9.17) is 11.6 Å². The molecule has 0 radical (unpaired) electrons. The van der Waals surface area contributed by atoms with Crippen LogP contribution >= 0.6 is 11.6 Å². The number of benzene rings is 1. The van der Waals surface area contributed by atoms with Crippen LogP contribution in [-0.4, -0.2) is 18.1 Å². The molecule has 0 bridgehead atoms.